The summed E-state index contributed by atoms with van der Waals surface area (Å²) < 4.78 is 5.43. The normalized spacial score (nSPS) is 26.1. The van der Waals surface area contributed by atoms with Crippen LogP contribution in [0, 0.1) is 17.3 Å². The molecule has 3 heterocycles. The van der Waals surface area contributed by atoms with Crippen molar-refractivity contribution in [3.8, 4) is 5.75 Å². The number of carbonyl (C=O) groups is 3. The maximum Gasteiger partial charge on any atom is 0.240 e. The van der Waals surface area contributed by atoms with Crippen LogP contribution in [0.15, 0.2) is 54.7 Å². The topological polar surface area (TPSA) is 66.9 Å². The van der Waals surface area contributed by atoms with Gasteiger partial charge in [0.05, 0.1) is 30.7 Å². The van der Waals surface area contributed by atoms with Crippen LogP contribution in [0.3, 0.4) is 0 Å². The maximum atomic E-state index is 13.8. The molecule has 5 rings (SSSR count). The van der Waals surface area contributed by atoms with E-state index >= 15 is 0 Å². The first-order valence-electron chi connectivity index (χ1n) is 10.9. The van der Waals surface area contributed by atoms with Crippen LogP contribution in [-0.4, -0.2) is 35.6 Å². The summed E-state index contributed by atoms with van der Waals surface area (Å²) in [6.07, 6.45) is 3.84. The zero-order chi connectivity index (χ0) is 22.8. The summed E-state index contributed by atoms with van der Waals surface area (Å²) >= 11 is 0. The number of hydrogen-bond donors (Lipinski definition) is 0. The molecule has 32 heavy (non-hydrogen) atoms. The summed E-state index contributed by atoms with van der Waals surface area (Å²) in [7, 11) is 1.51. The van der Waals surface area contributed by atoms with E-state index in [0.717, 1.165) is 11.1 Å². The molecule has 164 valence electrons. The molecule has 4 atom stereocenters. The summed E-state index contributed by atoms with van der Waals surface area (Å²) in [4.78, 5) is 44.4. The summed E-state index contributed by atoms with van der Waals surface area (Å²) in [5, 5.41) is 0. The fourth-order valence-electron chi connectivity index (χ4n) is 5.35. The van der Waals surface area contributed by atoms with E-state index in [2.05, 4.69) is 0 Å². The Morgan fingerprint density at radius 3 is 2.31 bits per heavy atom. The Morgan fingerprint density at radius 1 is 0.938 bits per heavy atom. The van der Waals surface area contributed by atoms with Crippen molar-refractivity contribution >= 4 is 29.4 Å². The van der Waals surface area contributed by atoms with Gasteiger partial charge in [-0.05, 0) is 29.3 Å². The molecule has 6 heteroatoms. The van der Waals surface area contributed by atoms with Gasteiger partial charge < -0.3 is 9.64 Å². The number of ether oxygens (including phenoxy) is 1. The number of rotatable bonds is 3. The number of fused-ring (bicyclic) bond motifs is 5. The lowest BCUT2D eigenvalue weighted by Crippen LogP contribution is -2.47. The van der Waals surface area contributed by atoms with Gasteiger partial charge in [-0.15, -0.1) is 0 Å². The molecule has 0 aliphatic carbocycles. The minimum atomic E-state index is -0.750. The standard InChI is InChI=1S/C26H26N2O4/c1-26(2,3)23(29)22-20-19(21-16-10-6-5-9-15(16)13-14-27(21)22)24(30)28(25(20)31)17-11-7-8-12-18(17)32-4/h5-14,19-22H,1-4H3/t19-,20-,21+,22-/m0/s1. The van der Waals surface area contributed by atoms with E-state index in [9.17, 15) is 14.4 Å². The Balaban J connectivity index is 1.68. The van der Waals surface area contributed by atoms with Crippen molar-refractivity contribution in [2.75, 3.05) is 12.0 Å². The predicted octanol–water partition coefficient (Wildman–Crippen LogP) is 3.83. The Labute approximate surface area is 187 Å². The van der Waals surface area contributed by atoms with Gasteiger partial charge in [-0.3, -0.25) is 14.4 Å². The van der Waals surface area contributed by atoms with Gasteiger partial charge in [-0.2, -0.15) is 0 Å². The second kappa shape index (κ2) is 7.05. The Bertz CT molecular complexity index is 1160. The van der Waals surface area contributed by atoms with E-state index in [0.29, 0.717) is 11.4 Å². The monoisotopic (exact) mass is 430 g/mol. The lowest BCUT2D eigenvalue weighted by atomic mass is 9.79. The number of amides is 2. The van der Waals surface area contributed by atoms with E-state index in [-0.39, 0.29) is 23.6 Å². The number of ketones is 1. The summed E-state index contributed by atoms with van der Waals surface area (Å²) in [5.41, 5.74) is 1.74. The average Bonchev–Trinajstić information content (AvgIpc) is 3.25. The van der Waals surface area contributed by atoms with E-state index < -0.39 is 23.3 Å². The van der Waals surface area contributed by atoms with E-state index in [1.165, 1.54) is 12.0 Å². The molecule has 3 aliphatic heterocycles. The average molecular weight is 431 g/mol. The van der Waals surface area contributed by atoms with Crippen molar-refractivity contribution in [2.24, 2.45) is 17.3 Å². The highest BCUT2D eigenvalue weighted by atomic mass is 16.5. The number of Topliss-reactive ketones (excluding diaryl/α,β-unsaturated/α-hetero) is 1. The lowest BCUT2D eigenvalue weighted by Gasteiger charge is -2.37. The fourth-order valence-corrected chi connectivity index (χ4v) is 5.35. The lowest BCUT2D eigenvalue weighted by molar-refractivity contribution is -0.135. The smallest absolute Gasteiger partial charge is 0.240 e. The molecule has 3 aliphatic rings. The summed E-state index contributed by atoms with van der Waals surface area (Å²) in [5.74, 6) is -1.60. The van der Waals surface area contributed by atoms with Gasteiger partial charge in [-0.25, -0.2) is 4.90 Å². The molecule has 0 radical (unpaired) electrons. The second-order valence-electron chi connectivity index (χ2n) is 9.63. The largest absolute Gasteiger partial charge is 0.495 e. The molecule has 0 spiro atoms. The number of imide groups is 1. The van der Waals surface area contributed by atoms with Crippen LogP contribution in [0.25, 0.3) is 6.08 Å². The Morgan fingerprint density at radius 2 is 1.59 bits per heavy atom. The molecule has 0 unspecified atom stereocenters. The number of carbonyl (C=O) groups excluding carboxylic acids is 3. The van der Waals surface area contributed by atoms with E-state index in [4.69, 9.17) is 4.74 Å². The molecule has 0 aromatic heterocycles. The number of benzene rings is 2. The van der Waals surface area contributed by atoms with E-state index in [1.54, 1.807) is 24.3 Å². The molecule has 2 aromatic rings. The van der Waals surface area contributed by atoms with Crippen molar-refractivity contribution < 1.29 is 19.1 Å². The first kappa shape index (κ1) is 20.5. The van der Waals surface area contributed by atoms with Crippen LogP contribution < -0.4 is 9.64 Å². The van der Waals surface area contributed by atoms with E-state index in [1.807, 2.05) is 62.2 Å². The van der Waals surface area contributed by atoms with Crippen LogP contribution in [0.5, 0.6) is 5.75 Å². The fraction of sp³-hybridized carbons (Fsp3) is 0.346. The van der Waals surface area contributed by atoms with Gasteiger partial charge in [0, 0.05) is 11.6 Å². The number of anilines is 1. The molecule has 0 N–H and O–H groups in total. The number of nitrogens with zero attached hydrogens (tertiary/aromatic N) is 2. The Kier molecular flexibility index (Phi) is 4.52. The van der Waals surface area contributed by atoms with Gasteiger partial charge in [0.25, 0.3) is 0 Å². The molecule has 2 aromatic carbocycles. The quantitative estimate of drug-likeness (QED) is 0.693. The number of methoxy groups -OCH3 is 1. The highest BCUT2D eigenvalue weighted by Crippen LogP contribution is 2.54. The van der Waals surface area contributed by atoms with Crippen LogP contribution >= 0.6 is 0 Å². The third kappa shape index (κ3) is 2.75. The zero-order valence-electron chi connectivity index (χ0n) is 18.6. The first-order chi connectivity index (χ1) is 15.3. The van der Waals surface area contributed by atoms with Crippen molar-refractivity contribution in [3.05, 3.63) is 65.9 Å². The van der Waals surface area contributed by atoms with Crippen LogP contribution in [0.4, 0.5) is 5.69 Å². The molecule has 6 nitrogen and oxygen atoms in total. The van der Waals surface area contributed by atoms with Gasteiger partial charge in [0.2, 0.25) is 11.8 Å². The Hall–Kier alpha value is -3.41. The van der Waals surface area contributed by atoms with Crippen molar-refractivity contribution in [1.82, 2.24) is 4.90 Å². The highest BCUT2D eigenvalue weighted by molar-refractivity contribution is 6.24. The SMILES string of the molecule is COc1ccccc1N1C(=O)[C@H]2[C@H](C1=O)[C@H]1c3ccccc3C=CN1[C@@H]2C(=O)C(C)(C)C. The minimum absolute atomic E-state index is 0.0398. The molecular weight excluding hydrogens is 404 g/mol. The molecular formula is C26H26N2O4. The first-order valence-corrected chi connectivity index (χ1v) is 10.9. The highest BCUT2D eigenvalue weighted by Gasteiger charge is 2.65. The van der Waals surface area contributed by atoms with Gasteiger partial charge >= 0.3 is 0 Å². The third-order valence-corrected chi connectivity index (χ3v) is 6.80. The van der Waals surface area contributed by atoms with Crippen LogP contribution in [-0.2, 0) is 14.4 Å². The molecule has 0 saturated carbocycles. The number of hydrogen-bond acceptors (Lipinski definition) is 5. The molecule has 2 fully saturated rings. The van der Waals surface area contributed by atoms with Gasteiger partial charge in [0.1, 0.15) is 11.8 Å². The van der Waals surface area contributed by atoms with Crippen molar-refractivity contribution in [3.63, 3.8) is 0 Å². The maximum absolute atomic E-state index is 13.8. The summed E-state index contributed by atoms with van der Waals surface area (Å²) in [6, 6.07) is 13.8. The predicted molar refractivity (Wildman–Crippen MR) is 121 cm³/mol. The van der Waals surface area contributed by atoms with Crippen LogP contribution in [0.1, 0.15) is 37.9 Å². The minimum Gasteiger partial charge on any atom is -0.495 e. The van der Waals surface area contributed by atoms with Crippen molar-refractivity contribution in [2.45, 2.75) is 32.9 Å². The number of para-hydroxylation sites is 2. The van der Waals surface area contributed by atoms with Gasteiger partial charge in [0.15, 0.2) is 5.78 Å². The van der Waals surface area contributed by atoms with Crippen molar-refractivity contribution in [1.29, 1.82) is 0 Å². The zero-order valence-corrected chi connectivity index (χ0v) is 18.6. The molecule has 0 bridgehead atoms. The third-order valence-electron chi connectivity index (χ3n) is 6.80. The summed E-state index contributed by atoms with van der Waals surface area (Å²) in [6.45, 7) is 5.58. The molecule has 2 saturated heterocycles. The van der Waals surface area contributed by atoms with Crippen LogP contribution in [0.2, 0.25) is 0 Å². The molecule has 2 amide bonds. The second-order valence-corrected chi connectivity index (χ2v) is 9.63. The van der Waals surface area contributed by atoms with Gasteiger partial charge in [-0.1, -0.05) is 57.2 Å².